The first kappa shape index (κ1) is 13.8. The molecule has 0 aromatic heterocycles. The molecule has 0 nitrogen and oxygen atoms in total. The Bertz CT molecular complexity index is 182. The maximum absolute atomic E-state index is 6.00. The van der Waals surface area contributed by atoms with E-state index < -0.39 is 0 Å². The predicted molar refractivity (Wildman–Crippen MR) is 66.9 cm³/mol. The average Bonchev–Trinajstić information content (AvgIpc) is 2.16. The summed E-state index contributed by atoms with van der Waals surface area (Å²) < 4.78 is 0. The highest BCUT2D eigenvalue weighted by Crippen LogP contribution is 2.28. The van der Waals surface area contributed by atoms with Crippen LogP contribution in [0.25, 0.3) is 0 Å². The van der Waals surface area contributed by atoms with Crippen molar-refractivity contribution in [2.24, 2.45) is 11.8 Å². The van der Waals surface area contributed by atoms with Crippen LogP contribution in [0, 0.1) is 11.8 Å². The van der Waals surface area contributed by atoms with Crippen molar-refractivity contribution in [1.82, 2.24) is 0 Å². The van der Waals surface area contributed by atoms with Crippen molar-refractivity contribution in [2.75, 3.05) is 5.88 Å². The molecule has 0 rings (SSSR count). The van der Waals surface area contributed by atoms with Crippen LogP contribution in [-0.2, 0) is 0 Å². The molecule has 0 spiro atoms. The first-order chi connectivity index (χ1) is 6.67. The fourth-order valence-corrected chi connectivity index (χ4v) is 2.20. The second kappa shape index (κ2) is 8.11. The molecule has 0 N–H and O–H groups in total. The van der Waals surface area contributed by atoms with E-state index in [4.69, 9.17) is 11.6 Å². The minimum absolute atomic E-state index is 0.559. The van der Waals surface area contributed by atoms with Crippen LogP contribution in [0.3, 0.4) is 0 Å². The lowest BCUT2D eigenvalue weighted by atomic mass is 9.83. The van der Waals surface area contributed by atoms with E-state index in [1.807, 2.05) is 0 Å². The van der Waals surface area contributed by atoms with E-state index in [1.54, 1.807) is 0 Å². The number of hydrogen-bond acceptors (Lipinski definition) is 0. The van der Waals surface area contributed by atoms with Gasteiger partial charge in [-0.05, 0) is 38.5 Å². The normalized spacial score (nSPS) is 15.7. The Hall–Kier alpha value is -0.230. The van der Waals surface area contributed by atoms with Gasteiger partial charge in [0.05, 0.1) is 0 Å². The molecule has 2 atom stereocenters. The molecule has 0 saturated heterocycles. The number of halogens is 1. The third kappa shape index (κ3) is 4.85. The molecule has 0 aliphatic rings. The molecule has 0 fully saturated rings. The van der Waals surface area contributed by atoms with Gasteiger partial charge in [-0.2, -0.15) is 0 Å². The third-order valence-electron chi connectivity index (χ3n) is 2.69. The van der Waals surface area contributed by atoms with Gasteiger partial charge in [-0.3, -0.25) is 0 Å². The minimum atomic E-state index is 0.559. The lowest BCUT2D eigenvalue weighted by Gasteiger charge is -2.24. The SMILES string of the molecule is C=C(C)C(CC=CC)C(CCl)CCC. The summed E-state index contributed by atoms with van der Waals surface area (Å²) in [5.41, 5.74) is 1.27. The fourth-order valence-electron chi connectivity index (χ4n) is 1.84. The van der Waals surface area contributed by atoms with E-state index in [9.17, 15) is 0 Å². The lowest BCUT2D eigenvalue weighted by molar-refractivity contribution is 0.388. The molecule has 0 aliphatic heterocycles. The molecule has 0 amide bonds. The van der Waals surface area contributed by atoms with E-state index in [0.29, 0.717) is 11.8 Å². The zero-order valence-corrected chi connectivity index (χ0v) is 10.5. The van der Waals surface area contributed by atoms with Crippen molar-refractivity contribution >= 4 is 11.6 Å². The molecule has 0 aromatic carbocycles. The van der Waals surface area contributed by atoms with Crippen LogP contribution in [0.1, 0.15) is 40.0 Å². The molecule has 0 aromatic rings. The molecule has 82 valence electrons. The van der Waals surface area contributed by atoms with Gasteiger partial charge in [0.25, 0.3) is 0 Å². The van der Waals surface area contributed by atoms with Crippen LogP contribution >= 0.6 is 11.6 Å². The summed E-state index contributed by atoms with van der Waals surface area (Å²) in [5, 5.41) is 0. The van der Waals surface area contributed by atoms with Gasteiger partial charge in [0, 0.05) is 5.88 Å². The van der Waals surface area contributed by atoms with E-state index in [-0.39, 0.29) is 0 Å². The summed E-state index contributed by atoms with van der Waals surface area (Å²) in [6.45, 7) is 10.5. The number of allylic oxidation sites excluding steroid dienone is 3. The van der Waals surface area contributed by atoms with Gasteiger partial charge >= 0.3 is 0 Å². The quantitative estimate of drug-likeness (QED) is 0.422. The zero-order valence-electron chi connectivity index (χ0n) is 9.72. The van der Waals surface area contributed by atoms with Gasteiger partial charge in [0.2, 0.25) is 0 Å². The summed E-state index contributed by atoms with van der Waals surface area (Å²) in [6, 6.07) is 0. The summed E-state index contributed by atoms with van der Waals surface area (Å²) in [6.07, 6.45) is 7.82. The Morgan fingerprint density at radius 2 is 2.14 bits per heavy atom. The standard InChI is InChI=1S/C13H23Cl/c1-5-7-9-13(11(3)4)12(10-14)8-6-2/h5,7,12-13H,3,6,8-10H2,1-2,4H3. The highest BCUT2D eigenvalue weighted by atomic mass is 35.5. The molecular formula is C13H23Cl. The molecule has 2 unspecified atom stereocenters. The average molecular weight is 215 g/mol. The topological polar surface area (TPSA) is 0 Å². The van der Waals surface area contributed by atoms with Crippen molar-refractivity contribution in [3.8, 4) is 0 Å². The first-order valence-electron chi connectivity index (χ1n) is 5.49. The van der Waals surface area contributed by atoms with Crippen LogP contribution in [0.5, 0.6) is 0 Å². The van der Waals surface area contributed by atoms with Gasteiger partial charge in [-0.25, -0.2) is 0 Å². The Labute approximate surface area is 94.0 Å². The summed E-state index contributed by atoms with van der Waals surface area (Å²) in [7, 11) is 0. The van der Waals surface area contributed by atoms with Gasteiger partial charge < -0.3 is 0 Å². The largest absolute Gasteiger partial charge is 0.126 e. The van der Waals surface area contributed by atoms with E-state index in [1.165, 1.54) is 18.4 Å². The molecule has 1 heteroatoms. The smallest absolute Gasteiger partial charge is 0.0257 e. The molecule has 0 heterocycles. The van der Waals surface area contributed by atoms with Gasteiger partial charge in [0.15, 0.2) is 0 Å². The second-order valence-corrected chi connectivity index (χ2v) is 4.27. The van der Waals surface area contributed by atoms with Crippen molar-refractivity contribution in [1.29, 1.82) is 0 Å². The Balaban J connectivity index is 4.34. The maximum Gasteiger partial charge on any atom is 0.0257 e. The van der Waals surface area contributed by atoms with Crippen LogP contribution in [0.4, 0.5) is 0 Å². The summed E-state index contributed by atoms with van der Waals surface area (Å²) >= 11 is 6.00. The van der Waals surface area contributed by atoms with Crippen molar-refractivity contribution in [3.05, 3.63) is 24.3 Å². The highest BCUT2D eigenvalue weighted by Gasteiger charge is 2.19. The Morgan fingerprint density at radius 3 is 2.50 bits per heavy atom. The first-order valence-corrected chi connectivity index (χ1v) is 6.03. The van der Waals surface area contributed by atoms with E-state index in [2.05, 4.69) is 39.5 Å². The third-order valence-corrected chi connectivity index (χ3v) is 3.08. The van der Waals surface area contributed by atoms with E-state index >= 15 is 0 Å². The predicted octanol–water partition coefficient (Wildman–Crippen LogP) is 4.80. The molecule has 0 aliphatic carbocycles. The van der Waals surface area contributed by atoms with Crippen LogP contribution in [0.15, 0.2) is 24.3 Å². The van der Waals surface area contributed by atoms with Gasteiger partial charge in [-0.1, -0.05) is 37.6 Å². The molecule has 0 radical (unpaired) electrons. The summed E-state index contributed by atoms with van der Waals surface area (Å²) in [4.78, 5) is 0. The molecule has 0 bridgehead atoms. The second-order valence-electron chi connectivity index (χ2n) is 3.96. The Morgan fingerprint density at radius 1 is 1.50 bits per heavy atom. The fraction of sp³-hybridized carbons (Fsp3) is 0.692. The van der Waals surface area contributed by atoms with Gasteiger partial charge in [-0.15, -0.1) is 11.6 Å². The number of rotatable bonds is 7. The van der Waals surface area contributed by atoms with Crippen molar-refractivity contribution < 1.29 is 0 Å². The maximum atomic E-state index is 6.00. The monoisotopic (exact) mass is 214 g/mol. The minimum Gasteiger partial charge on any atom is -0.126 e. The molecule has 0 saturated carbocycles. The highest BCUT2D eigenvalue weighted by molar-refractivity contribution is 6.18. The number of alkyl halides is 1. The van der Waals surface area contributed by atoms with Crippen LogP contribution < -0.4 is 0 Å². The van der Waals surface area contributed by atoms with Crippen LogP contribution in [-0.4, -0.2) is 5.88 Å². The lowest BCUT2D eigenvalue weighted by Crippen LogP contribution is -2.16. The van der Waals surface area contributed by atoms with Crippen molar-refractivity contribution in [3.63, 3.8) is 0 Å². The molecular weight excluding hydrogens is 192 g/mol. The zero-order chi connectivity index (χ0) is 11.0. The van der Waals surface area contributed by atoms with E-state index in [0.717, 1.165) is 12.3 Å². The van der Waals surface area contributed by atoms with Crippen molar-refractivity contribution in [2.45, 2.75) is 40.0 Å². The summed E-state index contributed by atoms with van der Waals surface area (Å²) in [5.74, 6) is 1.90. The Kier molecular flexibility index (Phi) is 7.98. The van der Waals surface area contributed by atoms with Crippen LogP contribution in [0.2, 0.25) is 0 Å². The molecule has 14 heavy (non-hydrogen) atoms. The van der Waals surface area contributed by atoms with Gasteiger partial charge in [0.1, 0.15) is 0 Å². The number of hydrogen-bond donors (Lipinski definition) is 0.